The Hall–Kier alpha value is -4.50. The van der Waals surface area contributed by atoms with E-state index in [1.165, 1.54) is 22.3 Å². The monoisotopic (exact) mass is 635 g/mol. The van der Waals surface area contributed by atoms with Crippen LogP contribution in [0.3, 0.4) is 0 Å². The van der Waals surface area contributed by atoms with Gasteiger partial charge in [0.25, 0.3) is 5.91 Å². The molecule has 6 rings (SSSR count). The highest BCUT2D eigenvalue weighted by atomic mass is 16.5. The van der Waals surface area contributed by atoms with Crippen molar-refractivity contribution in [3.8, 4) is 17.1 Å². The maximum atomic E-state index is 12.5. The number of ether oxygens (including phenoxy) is 1. The second kappa shape index (κ2) is 14.1. The number of aromatic nitrogens is 3. The van der Waals surface area contributed by atoms with Gasteiger partial charge in [-0.25, -0.2) is 14.5 Å². The first-order chi connectivity index (χ1) is 22.8. The molecule has 1 aliphatic heterocycles. The average molecular weight is 636 g/mol. The van der Waals surface area contributed by atoms with E-state index >= 15 is 0 Å². The molecule has 47 heavy (non-hydrogen) atoms. The summed E-state index contributed by atoms with van der Waals surface area (Å²) in [5.41, 5.74) is 9.64. The van der Waals surface area contributed by atoms with Crippen LogP contribution in [0.25, 0.3) is 17.1 Å². The standard InChI is InChI=1S/C38H45N5O4/c1-5-25-22-28(15-16-29(25)26-18-20-42(21-19-26)37(45)24(4)44)40-33-17-14-27-10-8-11-30(36(27)33)32-12-9-13-35(41-32)43-34(6-2)31(23-39-43)38(46)47-7-3/h8-13,15-16,22-24,26,33,40,44H,5-7,14,17-21H2,1-4H3/t24-,33?/m0/s1. The van der Waals surface area contributed by atoms with Crippen LogP contribution in [0.1, 0.15) is 97.2 Å². The van der Waals surface area contributed by atoms with Gasteiger partial charge in [-0.3, -0.25) is 4.79 Å². The summed E-state index contributed by atoms with van der Waals surface area (Å²) in [6, 6.07) is 19.3. The molecule has 2 aromatic carbocycles. The number of aryl methyl sites for hydroxylation is 2. The summed E-state index contributed by atoms with van der Waals surface area (Å²) >= 11 is 0. The number of nitrogens with one attached hydrogen (secondary N) is 1. The van der Waals surface area contributed by atoms with E-state index in [-0.39, 0.29) is 17.9 Å². The van der Waals surface area contributed by atoms with Gasteiger partial charge in [-0.1, -0.05) is 44.2 Å². The van der Waals surface area contributed by atoms with Crippen molar-refractivity contribution < 1.29 is 19.4 Å². The maximum absolute atomic E-state index is 12.5. The van der Waals surface area contributed by atoms with Crippen molar-refractivity contribution in [2.24, 2.45) is 0 Å². The van der Waals surface area contributed by atoms with Crippen LogP contribution < -0.4 is 5.32 Å². The summed E-state index contributed by atoms with van der Waals surface area (Å²) in [5.74, 6) is 0.535. The Morgan fingerprint density at radius 1 is 1.02 bits per heavy atom. The van der Waals surface area contributed by atoms with E-state index in [4.69, 9.17) is 9.72 Å². The summed E-state index contributed by atoms with van der Waals surface area (Å²) < 4.78 is 7.00. The molecule has 1 unspecified atom stereocenters. The molecule has 1 amide bonds. The quantitative estimate of drug-likeness (QED) is 0.194. The first kappa shape index (κ1) is 32.4. The summed E-state index contributed by atoms with van der Waals surface area (Å²) in [6.07, 6.45) is 5.98. The van der Waals surface area contributed by atoms with Crippen LogP contribution in [0.5, 0.6) is 0 Å². The highest BCUT2D eigenvalue weighted by Crippen LogP contribution is 2.41. The van der Waals surface area contributed by atoms with Crippen molar-refractivity contribution in [3.05, 3.63) is 94.3 Å². The van der Waals surface area contributed by atoms with Gasteiger partial charge < -0.3 is 20.1 Å². The van der Waals surface area contributed by atoms with Crippen molar-refractivity contribution >= 4 is 17.6 Å². The summed E-state index contributed by atoms with van der Waals surface area (Å²) in [4.78, 5) is 31.7. The lowest BCUT2D eigenvalue weighted by Gasteiger charge is -2.34. The third kappa shape index (κ3) is 6.54. The van der Waals surface area contributed by atoms with Crippen LogP contribution in [0, 0.1) is 0 Å². The molecule has 246 valence electrons. The van der Waals surface area contributed by atoms with Crippen molar-refractivity contribution in [2.45, 2.75) is 84.3 Å². The molecule has 1 aliphatic carbocycles. The molecule has 9 heteroatoms. The van der Waals surface area contributed by atoms with Crippen molar-refractivity contribution in [3.63, 3.8) is 0 Å². The smallest absolute Gasteiger partial charge is 0.341 e. The summed E-state index contributed by atoms with van der Waals surface area (Å²) in [7, 11) is 0. The third-order valence-electron chi connectivity index (χ3n) is 9.64. The molecular weight excluding hydrogens is 590 g/mol. The zero-order chi connectivity index (χ0) is 33.1. The van der Waals surface area contributed by atoms with Crippen molar-refractivity contribution in [1.29, 1.82) is 0 Å². The number of carbonyl (C=O) groups is 2. The molecule has 2 aliphatic rings. The molecular formula is C38H45N5O4. The van der Waals surface area contributed by atoms with Crippen LogP contribution in [-0.2, 0) is 28.8 Å². The number of hydrogen-bond acceptors (Lipinski definition) is 7. The van der Waals surface area contributed by atoms with Crippen LogP contribution in [0.2, 0.25) is 0 Å². The summed E-state index contributed by atoms with van der Waals surface area (Å²) in [5, 5.41) is 18.1. The van der Waals surface area contributed by atoms with Gasteiger partial charge in [0.1, 0.15) is 11.7 Å². The van der Waals surface area contributed by atoms with Crippen LogP contribution >= 0.6 is 0 Å². The Labute approximate surface area is 277 Å². The van der Waals surface area contributed by atoms with Crippen molar-refractivity contribution in [1.82, 2.24) is 19.7 Å². The second-order valence-electron chi connectivity index (χ2n) is 12.5. The van der Waals surface area contributed by atoms with Crippen molar-refractivity contribution in [2.75, 3.05) is 25.0 Å². The topological polar surface area (TPSA) is 110 Å². The number of hydrogen-bond donors (Lipinski definition) is 2. The fourth-order valence-corrected chi connectivity index (χ4v) is 7.31. The minimum absolute atomic E-state index is 0.142. The molecule has 9 nitrogen and oxygen atoms in total. The number of pyridine rings is 1. The van der Waals surface area contributed by atoms with E-state index in [0.717, 1.165) is 54.7 Å². The molecule has 0 saturated carbocycles. The number of aliphatic hydroxyl groups excluding tert-OH is 1. The Morgan fingerprint density at radius 3 is 2.53 bits per heavy atom. The fraction of sp³-hybridized carbons (Fsp3) is 0.421. The number of likely N-dealkylation sites (tertiary alicyclic amines) is 1. The summed E-state index contributed by atoms with van der Waals surface area (Å²) in [6.45, 7) is 9.22. The number of piperidine rings is 1. The van der Waals surface area contributed by atoms with Crippen LogP contribution in [0.4, 0.5) is 5.69 Å². The lowest BCUT2D eigenvalue weighted by molar-refractivity contribution is -0.140. The number of anilines is 1. The Morgan fingerprint density at radius 2 is 1.81 bits per heavy atom. The predicted octanol–water partition coefficient (Wildman–Crippen LogP) is 6.42. The molecule has 1 saturated heterocycles. The molecule has 0 bridgehead atoms. The molecule has 2 N–H and O–H groups in total. The fourth-order valence-electron chi connectivity index (χ4n) is 7.31. The molecule has 0 spiro atoms. The molecule has 3 heterocycles. The van der Waals surface area contributed by atoms with E-state index < -0.39 is 6.10 Å². The largest absolute Gasteiger partial charge is 0.462 e. The highest BCUT2D eigenvalue weighted by Gasteiger charge is 2.29. The van der Waals surface area contributed by atoms with E-state index in [2.05, 4.69) is 53.7 Å². The minimum atomic E-state index is -0.944. The van der Waals surface area contributed by atoms with E-state index in [1.807, 2.05) is 25.1 Å². The Bertz CT molecular complexity index is 1750. The predicted molar refractivity (Wildman–Crippen MR) is 183 cm³/mol. The number of fused-ring (bicyclic) bond motifs is 1. The highest BCUT2D eigenvalue weighted by molar-refractivity contribution is 5.90. The number of nitrogens with zero attached hydrogens (tertiary/aromatic N) is 4. The molecule has 4 aromatic rings. The normalized spacial score (nSPS) is 17.0. The van der Waals surface area contributed by atoms with Gasteiger partial charge in [0.05, 0.1) is 30.2 Å². The van der Waals surface area contributed by atoms with E-state index in [1.54, 1.807) is 29.6 Å². The number of carbonyl (C=O) groups excluding carboxylic acids is 2. The molecule has 1 fully saturated rings. The lowest BCUT2D eigenvalue weighted by atomic mass is 9.85. The second-order valence-corrected chi connectivity index (χ2v) is 12.5. The number of benzene rings is 2. The number of aliphatic hydroxyl groups is 1. The maximum Gasteiger partial charge on any atom is 0.341 e. The number of esters is 1. The third-order valence-corrected chi connectivity index (χ3v) is 9.64. The zero-order valence-corrected chi connectivity index (χ0v) is 27.8. The first-order valence-corrected chi connectivity index (χ1v) is 17.0. The van der Waals surface area contributed by atoms with Gasteiger partial charge in [-0.15, -0.1) is 0 Å². The minimum Gasteiger partial charge on any atom is -0.462 e. The molecule has 2 aromatic heterocycles. The van der Waals surface area contributed by atoms with Gasteiger partial charge in [0.2, 0.25) is 0 Å². The average Bonchev–Trinajstić information content (AvgIpc) is 3.72. The number of amides is 1. The zero-order valence-electron chi connectivity index (χ0n) is 27.8. The number of rotatable bonds is 10. The van der Waals surface area contributed by atoms with Gasteiger partial charge in [0, 0.05) is 24.3 Å². The molecule has 0 radical (unpaired) electrons. The van der Waals surface area contributed by atoms with Gasteiger partial charge in [-0.2, -0.15) is 5.10 Å². The van der Waals surface area contributed by atoms with E-state index in [0.29, 0.717) is 43.4 Å². The van der Waals surface area contributed by atoms with Gasteiger partial charge in [0.15, 0.2) is 5.82 Å². The molecule has 2 atom stereocenters. The van der Waals surface area contributed by atoms with Crippen LogP contribution in [-0.4, -0.2) is 62.4 Å². The van der Waals surface area contributed by atoms with Gasteiger partial charge >= 0.3 is 5.97 Å². The Kier molecular flexibility index (Phi) is 9.73. The van der Waals surface area contributed by atoms with E-state index in [9.17, 15) is 14.7 Å². The van der Waals surface area contributed by atoms with Crippen LogP contribution in [0.15, 0.2) is 60.8 Å². The first-order valence-electron chi connectivity index (χ1n) is 17.0. The Balaban J connectivity index is 1.24. The van der Waals surface area contributed by atoms with Gasteiger partial charge in [-0.05, 0) is 105 Å². The SMILES string of the molecule is CCOC(=O)c1cnn(-c2cccc(-c3cccc4c3C(Nc3ccc(C5CCN(C(=O)[C@H](C)O)CC5)c(CC)c3)CC4)n2)c1CC. The lowest BCUT2D eigenvalue weighted by Crippen LogP contribution is -2.42.